The lowest BCUT2D eigenvalue weighted by molar-refractivity contribution is 0.0195. The number of esters is 1. The Balaban J connectivity index is 1.98. The Hall–Kier alpha value is -1.42. The van der Waals surface area contributed by atoms with Gasteiger partial charge in [-0.3, -0.25) is 0 Å². The third-order valence-corrected chi connectivity index (χ3v) is 2.36. The number of nitrogens with one attached hydrogen (secondary N) is 1. The molecule has 1 aromatic carbocycles. The molecule has 4 heteroatoms. The highest BCUT2D eigenvalue weighted by molar-refractivity contribution is 5.89. The molecule has 0 bridgehead atoms. The molecule has 0 aromatic heterocycles. The molecule has 1 aromatic rings. The molecular weight excluding hydrogens is 197 g/mol. The van der Waals surface area contributed by atoms with Gasteiger partial charge in [0.1, 0.15) is 6.10 Å². The molecule has 80 valence electrons. The molecule has 1 fully saturated rings. The van der Waals surface area contributed by atoms with Gasteiger partial charge in [0, 0.05) is 13.1 Å². The lowest BCUT2D eigenvalue weighted by Crippen LogP contribution is -2.27. The van der Waals surface area contributed by atoms with Gasteiger partial charge in [-0.25, -0.2) is 9.18 Å². The van der Waals surface area contributed by atoms with E-state index in [0.29, 0.717) is 12.1 Å². The Morgan fingerprint density at radius 2 is 2.07 bits per heavy atom. The van der Waals surface area contributed by atoms with E-state index >= 15 is 0 Å². The Morgan fingerprint density at radius 1 is 1.33 bits per heavy atom. The molecule has 0 radical (unpaired) electrons. The Kier molecular flexibility index (Phi) is 2.97. The first-order valence-electron chi connectivity index (χ1n) is 4.88. The Bertz CT molecular complexity index is 342. The standard InChI is InChI=1S/C11H12FNO2/c12-9-6-13-7-10(9)15-11(14)8-4-2-1-3-5-8/h1-5,9-10,13H,6-7H2. The second-order valence-electron chi connectivity index (χ2n) is 3.48. The first-order valence-corrected chi connectivity index (χ1v) is 4.88. The van der Waals surface area contributed by atoms with Crippen LogP contribution in [0.15, 0.2) is 30.3 Å². The highest BCUT2D eigenvalue weighted by Gasteiger charge is 2.30. The van der Waals surface area contributed by atoms with Crippen LogP contribution >= 0.6 is 0 Å². The van der Waals surface area contributed by atoms with Crippen LogP contribution in [0.1, 0.15) is 10.4 Å². The summed E-state index contributed by atoms with van der Waals surface area (Å²) in [6, 6.07) is 8.61. The lowest BCUT2D eigenvalue weighted by atomic mass is 10.2. The van der Waals surface area contributed by atoms with Crippen molar-refractivity contribution in [1.82, 2.24) is 5.32 Å². The molecule has 1 N–H and O–H groups in total. The number of rotatable bonds is 2. The fourth-order valence-electron chi connectivity index (χ4n) is 1.52. The SMILES string of the molecule is O=C(OC1CNCC1F)c1ccccc1. The summed E-state index contributed by atoms with van der Waals surface area (Å²) in [6.07, 6.45) is -1.75. The first kappa shape index (κ1) is 10.1. The van der Waals surface area contributed by atoms with E-state index in [-0.39, 0.29) is 6.54 Å². The van der Waals surface area contributed by atoms with Gasteiger partial charge in [-0.2, -0.15) is 0 Å². The van der Waals surface area contributed by atoms with Gasteiger partial charge in [0.15, 0.2) is 6.17 Å². The van der Waals surface area contributed by atoms with E-state index < -0.39 is 18.2 Å². The molecule has 3 nitrogen and oxygen atoms in total. The maximum atomic E-state index is 13.1. The van der Waals surface area contributed by atoms with Crippen molar-refractivity contribution in [3.8, 4) is 0 Å². The van der Waals surface area contributed by atoms with Crippen molar-refractivity contribution in [2.24, 2.45) is 0 Å². The van der Waals surface area contributed by atoms with E-state index in [0.717, 1.165) is 0 Å². The van der Waals surface area contributed by atoms with Crippen LogP contribution in [0.2, 0.25) is 0 Å². The number of halogens is 1. The molecule has 2 unspecified atom stereocenters. The van der Waals surface area contributed by atoms with Crippen molar-refractivity contribution in [2.45, 2.75) is 12.3 Å². The molecule has 0 aliphatic carbocycles. The number of benzene rings is 1. The minimum atomic E-state index is -1.10. The summed E-state index contributed by atoms with van der Waals surface area (Å²) in [5.41, 5.74) is 0.455. The van der Waals surface area contributed by atoms with Crippen molar-refractivity contribution in [1.29, 1.82) is 0 Å². The smallest absolute Gasteiger partial charge is 0.338 e. The normalized spacial score (nSPS) is 25.1. The predicted octanol–water partition coefficient (Wildman–Crippen LogP) is 1.15. The van der Waals surface area contributed by atoms with E-state index in [1.807, 2.05) is 6.07 Å². The summed E-state index contributed by atoms with van der Waals surface area (Å²) < 4.78 is 18.2. The summed E-state index contributed by atoms with van der Waals surface area (Å²) >= 11 is 0. The van der Waals surface area contributed by atoms with Crippen LogP contribution in [-0.4, -0.2) is 31.3 Å². The third kappa shape index (κ3) is 2.33. The fourth-order valence-corrected chi connectivity index (χ4v) is 1.52. The summed E-state index contributed by atoms with van der Waals surface area (Å²) in [4.78, 5) is 11.5. The minimum absolute atomic E-state index is 0.257. The van der Waals surface area contributed by atoms with Gasteiger partial charge in [0.2, 0.25) is 0 Å². The zero-order chi connectivity index (χ0) is 10.7. The van der Waals surface area contributed by atoms with Crippen molar-refractivity contribution in [3.05, 3.63) is 35.9 Å². The van der Waals surface area contributed by atoms with Crippen LogP contribution in [-0.2, 0) is 4.74 Å². The molecule has 2 rings (SSSR count). The summed E-state index contributed by atoms with van der Waals surface area (Å²) in [7, 11) is 0. The molecule has 0 saturated carbocycles. The number of carbonyl (C=O) groups is 1. The molecule has 0 amide bonds. The fraction of sp³-hybridized carbons (Fsp3) is 0.364. The number of carbonyl (C=O) groups excluding carboxylic acids is 1. The summed E-state index contributed by atoms with van der Waals surface area (Å²) in [5.74, 6) is -0.466. The highest BCUT2D eigenvalue weighted by atomic mass is 19.1. The maximum Gasteiger partial charge on any atom is 0.338 e. The zero-order valence-corrected chi connectivity index (χ0v) is 8.15. The van der Waals surface area contributed by atoms with Crippen molar-refractivity contribution in [3.63, 3.8) is 0 Å². The van der Waals surface area contributed by atoms with Crippen LogP contribution in [0, 0.1) is 0 Å². The molecule has 0 spiro atoms. The summed E-state index contributed by atoms with van der Waals surface area (Å²) in [5, 5.41) is 2.83. The molecule has 1 aliphatic rings. The summed E-state index contributed by atoms with van der Waals surface area (Å²) in [6.45, 7) is 0.645. The lowest BCUT2D eigenvalue weighted by Gasteiger charge is -2.12. The number of hydrogen-bond donors (Lipinski definition) is 1. The van der Waals surface area contributed by atoms with Crippen molar-refractivity contribution < 1.29 is 13.9 Å². The van der Waals surface area contributed by atoms with Crippen LogP contribution in [0.3, 0.4) is 0 Å². The number of hydrogen-bond acceptors (Lipinski definition) is 3. The van der Waals surface area contributed by atoms with E-state index in [2.05, 4.69) is 5.32 Å². The molecule has 1 heterocycles. The maximum absolute atomic E-state index is 13.1. The van der Waals surface area contributed by atoms with E-state index in [1.54, 1.807) is 24.3 Å². The molecular formula is C11H12FNO2. The molecule has 2 atom stereocenters. The Labute approximate surface area is 87.2 Å². The number of ether oxygens (including phenoxy) is 1. The van der Waals surface area contributed by atoms with Gasteiger partial charge in [-0.15, -0.1) is 0 Å². The molecule has 15 heavy (non-hydrogen) atoms. The number of alkyl halides is 1. The molecule has 1 aliphatic heterocycles. The van der Waals surface area contributed by atoms with Crippen LogP contribution in [0.5, 0.6) is 0 Å². The zero-order valence-electron chi connectivity index (χ0n) is 8.15. The average molecular weight is 209 g/mol. The van der Waals surface area contributed by atoms with Crippen LogP contribution in [0.25, 0.3) is 0 Å². The van der Waals surface area contributed by atoms with Gasteiger partial charge in [-0.05, 0) is 12.1 Å². The monoisotopic (exact) mass is 209 g/mol. The van der Waals surface area contributed by atoms with E-state index in [1.165, 1.54) is 0 Å². The van der Waals surface area contributed by atoms with E-state index in [9.17, 15) is 9.18 Å². The van der Waals surface area contributed by atoms with Gasteiger partial charge >= 0.3 is 5.97 Å². The Morgan fingerprint density at radius 3 is 2.67 bits per heavy atom. The third-order valence-electron chi connectivity index (χ3n) is 2.36. The first-order chi connectivity index (χ1) is 7.27. The van der Waals surface area contributed by atoms with Crippen LogP contribution < -0.4 is 5.32 Å². The average Bonchev–Trinajstić information content (AvgIpc) is 2.66. The van der Waals surface area contributed by atoms with Crippen LogP contribution in [0.4, 0.5) is 4.39 Å². The van der Waals surface area contributed by atoms with Crippen molar-refractivity contribution >= 4 is 5.97 Å². The predicted molar refractivity (Wildman–Crippen MR) is 53.4 cm³/mol. The minimum Gasteiger partial charge on any atom is -0.454 e. The van der Waals surface area contributed by atoms with Gasteiger partial charge < -0.3 is 10.1 Å². The second kappa shape index (κ2) is 4.40. The highest BCUT2D eigenvalue weighted by Crippen LogP contribution is 2.11. The topological polar surface area (TPSA) is 38.3 Å². The largest absolute Gasteiger partial charge is 0.454 e. The molecule has 1 saturated heterocycles. The van der Waals surface area contributed by atoms with Gasteiger partial charge in [0.05, 0.1) is 5.56 Å². The van der Waals surface area contributed by atoms with E-state index in [4.69, 9.17) is 4.74 Å². The second-order valence-corrected chi connectivity index (χ2v) is 3.48. The van der Waals surface area contributed by atoms with Crippen molar-refractivity contribution in [2.75, 3.05) is 13.1 Å². The quantitative estimate of drug-likeness (QED) is 0.743. The van der Waals surface area contributed by atoms with Gasteiger partial charge in [0.25, 0.3) is 0 Å². The van der Waals surface area contributed by atoms with Gasteiger partial charge in [-0.1, -0.05) is 18.2 Å².